The molecule has 0 saturated carbocycles. The van der Waals surface area contributed by atoms with Crippen LogP contribution in [-0.4, -0.2) is 31.3 Å². The number of rotatable bonds is 7. The van der Waals surface area contributed by atoms with Crippen LogP contribution in [0.4, 0.5) is 13.2 Å². The minimum Gasteiger partial charge on any atom is -0.384 e. The molecular formula is C23H17ClF3N5O3. The summed E-state index contributed by atoms with van der Waals surface area (Å²) in [6.45, 7) is 0.331. The molecule has 0 radical (unpaired) electrons. The second-order valence-electron chi connectivity index (χ2n) is 7.82. The third kappa shape index (κ3) is 5.11. The van der Waals surface area contributed by atoms with Gasteiger partial charge in [0.1, 0.15) is 24.0 Å². The number of hydrogen-bond acceptors (Lipinski definition) is 6. The lowest BCUT2D eigenvalue weighted by Gasteiger charge is -2.24. The third-order valence-corrected chi connectivity index (χ3v) is 5.63. The van der Waals surface area contributed by atoms with Gasteiger partial charge in [-0.1, -0.05) is 17.7 Å². The van der Waals surface area contributed by atoms with Crippen molar-refractivity contribution in [3.8, 4) is 29.0 Å². The summed E-state index contributed by atoms with van der Waals surface area (Å²) < 4.78 is 41.9. The van der Waals surface area contributed by atoms with Gasteiger partial charge in [-0.2, -0.15) is 10.5 Å². The van der Waals surface area contributed by atoms with Crippen LogP contribution in [0.5, 0.6) is 0 Å². The maximum absolute atomic E-state index is 13.8. The van der Waals surface area contributed by atoms with E-state index in [0.29, 0.717) is 4.57 Å². The molecule has 0 aliphatic heterocycles. The lowest BCUT2D eigenvalue weighted by molar-refractivity contribution is -0.0875. The summed E-state index contributed by atoms with van der Waals surface area (Å²) in [5.74, 6) is -0.783. The van der Waals surface area contributed by atoms with E-state index in [1.807, 2.05) is 6.07 Å². The Hall–Kier alpha value is -3.93. The predicted molar refractivity (Wildman–Crippen MR) is 120 cm³/mol. The summed E-state index contributed by atoms with van der Waals surface area (Å²) in [4.78, 5) is 30.8. The number of halogens is 4. The van der Waals surface area contributed by atoms with E-state index >= 15 is 0 Å². The van der Waals surface area contributed by atoms with Gasteiger partial charge in [-0.25, -0.2) is 22.5 Å². The van der Waals surface area contributed by atoms with Gasteiger partial charge in [0.25, 0.3) is 12.0 Å². The Morgan fingerprint density at radius 2 is 1.94 bits per heavy atom. The van der Waals surface area contributed by atoms with E-state index in [4.69, 9.17) is 11.6 Å². The van der Waals surface area contributed by atoms with E-state index < -0.39 is 48.5 Å². The van der Waals surface area contributed by atoms with Gasteiger partial charge in [0.2, 0.25) is 0 Å². The number of hydrogen-bond donors (Lipinski definition) is 1. The predicted octanol–water partition coefficient (Wildman–Crippen LogP) is 3.20. The zero-order chi connectivity index (χ0) is 25.9. The van der Waals surface area contributed by atoms with Gasteiger partial charge in [-0.15, -0.1) is 0 Å². The molecule has 35 heavy (non-hydrogen) atoms. The average molecular weight is 504 g/mol. The van der Waals surface area contributed by atoms with Crippen LogP contribution in [0.1, 0.15) is 24.6 Å². The minimum absolute atomic E-state index is 0.0454. The molecule has 0 spiro atoms. The number of benzene rings is 1. The van der Waals surface area contributed by atoms with Gasteiger partial charge < -0.3 is 5.11 Å². The number of alkyl halides is 2. The van der Waals surface area contributed by atoms with E-state index in [2.05, 4.69) is 4.98 Å². The highest BCUT2D eigenvalue weighted by Gasteiger charge is 2.33. The SMILES string of the molecule is C[C@@](O)(CCc1c(-c2ccc(F)c(Cl)c2)c(=O)n(-c2cncc(C#N)c2)c(=O)n1CC#N)C(F)F. The van der Waals surface area contributed by atoms with E-state index in [-0.39, 0.29) is 33.1 Å². The molecule has 12 heteroatoms. The molecule has 0 amide bonds. The summed E-state index contributed by atoms with van der Waals surface area (Å²) >= 11 is 5.90. The van der Waals surface area contributed by atoms with Crippen LogP contribution in [0.3, 0.4) is 0 Å². The minimum atomic E-state index is -3.12. The summed E-state index contributed by atoms with van der Waals surface area (Å²) in [6.07, 6.45) is -1.72. The van der Waals surface area contributed by atoms with Crippen molar-refractivity contribution in [3.63, 3.8) is 0 Å². The Bertz CT molecular complexity index is 1490. The van der Waals surface area contributed by atoms with E-state index in [1.165, 1.54) is 18.3 Å². The molecule has 0 aliphatic rings. The number of nitriles is 2. The Morgan fingerprint density at radius 3 is 2.54 bits per heavy atom. The van der Waals surface area contributed by atoms with Gasteiger partial charge in [-0.05, 0) is 43.5 Å². The first-order chi connectivity index (χ1) is 16.5. The van der Waals surface area contributed by atoms with Crippen molar-refractivity contribution in [1.82, 2.24) is 14.1 Å². The molecule has 0 aliphatic carbocycles. The van der Waals surface area contributed by atoms with Crippen molar-refractivity contribution in [2.45, 2.75) is 38.3 Å². The fraction of sp³-hybridized carbons (Fsp3) is 0.261. The molecule has 0 saturated heterocycles. The topological polar surface area (TPSA) is 125 Å². The molecule has 1 atom stereocenters. The van der Waals surface area contributed by atoms with E-state index in [1.54, 1.807) is 6.07 Å². The first-order valence-corrected chi connectivity index (χ1v) is 10.5. The average Bonchev–Trinajstić information content (AvgIpc) is 2.82. The van der Waals surface area contributed by atoms with Gasteiger partial charge in [0, 0.05) is 11.9 Å². The molecule has 180 valence electrons. The second-order valence-corrected chi connectivity index (χ2v) is 8.23. The van der Waals surface area contributed by atoms with Gasteiger partial charge >= 0.3 is 5.69 Å². The zero-order valence-corrected chi connectivity index (χ0v) is 18.9. The first-order valence-electron chi connectivity index (χ1n) is 10.1. The van der Waals surface area contributed by atoms with Crippen LogP contribution in [0, 0.1) is 28.5 Å². The summed E-state index contributed by atoms with van der Waals surface area (Å²) in [5, 5.41) is 28.2. The monoisotopic (exact) mass is 503 g/mol. The molecule has 1 aromatic carbocycles. The van der Waals surface area contributed by atoms with Crippen LogP contribution in [-0.2, 0) is 13.0 Å². The maximum Gasteiger partial charge on any atom is 0.336 e. The van der Waals surface area contributed by atoms with Crippen molar-refractivity contribution in [1.29, 1.82) is 10.5 Å². The highest BCUT2D eigenvalue weighted by atomic mass is 35.5. The Labute approximate surface area is 201 Å². The molecule has 1 N–H and O–H groups in total. The van der Waals surface area contributed by atoms with Gasteiger partial charge in [0.05, 0.1) is 34.1 Å². The van der Waals surface area contributed by atoms with Crippen molar-refractivity contribution < 1.29 is 18.3 Å². The second kappa shape index (κ2) is 10.1. The number of nitrogens with zero attached hydrogens (tertiary/aromatic N) is 5. The molecule has 3 aromatic rings. The lowest BCUT2D eigenvalue weighted by atomic mass is 9.95. The van der Waals surface area contributed by atoms with Crippen LogP contribution in [0.15, 0.2) is 46.2 Å². The number of pyridine rings is 1. The zero-order valence-electron chi connectivity index (χ0n) is 18.2. The van der Waals surface area contributed by atoms with Gasteiger partial charge in [0.15, 0.2) is 0 Å². The fourth-order valence-corrected chi connectivity index (χ4v) is 3.63. The molecule has 8 nitrogen and oxygen atoms in total. The fourth-order valence-electron chi connectivity index (χ4n) is 3.45. The lowest BCUT2D eigenvalue weighted by Crippen LogP contribution is -2.42. The van der Waals surface area contributed by atoms with Crippen molar-refractivity contribution >= 4 is 11.6 Å². The standard InChI is InChI=1S/C23H17ClF3N5O3/c1-23(35,21(26)27)5-4-18-19(14-2-3-17(25)16(24)9-14)20(33)32(22(34)31(18)7-6-28)15-8-13(10-29)11-30-12-15/h2-3,8-9,11-12,21,35H,4-5,7H2,1H3/t23-/m1/s1. The molecule has 3 rings (SSSR count). The van der Waals surface area contributed by atoms with E-state index in [9.17, 15) is 38.4 Å². The largest absolute Gasteiger partial charge is 0.384 e. The molecule has 2 aromatic heterocycles. The summed E-state index contributed by atoms with van der Waals surface area (Å²) in [6, 6.07) is 8.17. The van der Waals surface area contributed by atoms with Crippen molar-refractivity contribution in [2.24, 2.45) is 0 Å². The highest BCUT2D eigenvalue weighted by molar-refractivity contribution is 6.31. The third-order valence-electron chi connectivity index (χ3n) is 5.34. The molecular weight excluding hydrogens is 487 g/mol. The van der Waals surface area contributed by atoms with Crippen molar-refractivity contribution in [2.75, 3.05) is 0 Å². The Kier molecular flexibility index (Phi) is 7.44. The summed E-state index contributed by atoms with van der Waals surface area (Å²) in [7, 11) is 0. The quantitative estimate of drug-likeness (QED) is 0.528. The molecule has 0 unspecified atom stereocenters. The number of aliphatic hydroxyl groups is 1. The Morgan fingerprint density at radius 1 is 1.23 bits per heavy atom. The number of aromatic nitrogens is 3. The van der Waals surface area contributed by atoms with Crippen molar-refractivity contribution in [3.05, 3.63) is 79.6 Å². The van der Waals surface area contributed by atoms with Crippen LogP contribution < -0.4 is 11.2 Å². The highest BCUT2D eigenvalue weighted by Crippen LogP contribution is 2.28. The molecule has 0 bridgehead atoms. The maximum atomic E-state index is 13.8. The molecule has 2 heterocycles. The van der Waals surface area contributed by atoms with Crippen LogP contribution >= 0.6 is 11.6 Å². The molecule has 0 fully saturated rings. The Balaban J connectivity index is 2.42. The normalized spacial score (nSPS) is 12.7. The van der Waals surface area contributed by atoms with Crippen LogP contribution in [0.25, 0.3) is 16.8 Å². The van der Waals surface area contributed by atoms with E-state index in [0.717, 1.165) is 29.8 Å². The summed E-state index contributed by atoms with van der Waals surface area (Å²) in [5.41, 5.74) is -4.69. The smallest absolute Gasteiger partial charge is 0.336 e. The van der Waals surface area contributed by atoms with Crippen LogP contribution in [0.2, 0.25) is 5.02 Å². The first kappa shape index (κ1) is 25.7. The van der Waals surface area contributed by atoms with Gasteiger partial charge in [-0.3, -0.25) is 14.3 Å².